The van der Waals surface area contributed by atoms with Gasteiger partial charge < -0.3 is 10.4 Å². The van der Waals surface area contributed by atoms with E-state index in [0.717, 1.165) is 5.56 Å². The first-order valence-corrected chi connectivity index (χ1v) is 5.64. The summed E-state index contributed by atoms with van der Waals surface area (Å²) in [5, 5.41) is 12.1. The summed E-state index contributed by atoms with van der Waals surface area (Å²) in [4.78, 5) is 11.6. The van der Waals surface area contributed by atoms with Crippen LogP contribution in [0.25, 0.3) is 0 Å². The zero-order chi connectivity index (χ0) is 12.0. The van der Waals surface area contributed by atoms with Crippen LogP contribution in [0.3, 0.4) is 0 Å². The molecule has 0 saturated heterocycles. The van der Waals surface area contributed by atoms with Crippen molar-refractivity contribution in [2.45, 2.75) is 25.8 Å². The predicted octanol–water partition coefficient (Wildman–Crippen LogP) is 1.77. The molecular formula is C12H16ClNO2. The van der Waals surface area contributed by atoms with Gasteiger partial charge in [-0.15, -0.1) is 0 Å². The monoisotopic (exact) mass is 241 g/mol. The number of halogens is 1. The van der Waals surface area contributed by atoms with Crippen molar-refractivity contribution in [1.82, 2.24) is 5.32 Å². The van der Waals surface area contributed by atoms with Gasteiger partial charge in [-0.05, 0) is 31.0 Å². The molecule has 1 amide bonds. The Bertz CT molecular complexity index is 355. The second-order valence-electron chi connectivity index (χ2n) is 3.79. The molecule has 1 rings (SSSR count). The van der Waals surface area contributed by atoms with Crippen LogP contribution in [-0.4, -0.2) is 23.7 Å². The molecule has 0 aliphatic rings. The lowest BCUT2D eigenvalue weighted by molar-refractivity contribution is -0.121. The number of aliphatic hydroxyl groups excluding tert-OH is 1. The molecule has 1 aromatic carbocycles. The zero-order valence-electron chi connectivity index (χ0n) is 9.24. The lowest BCUT2D eigenvalue weighted by atomic mass is 10.1. The van der Waals surface area contributed by atoms with Crippen LogP contribution in [0.5, 0.6) is 0 Å². The molecule has 0 saturated carbocycles. The Hall–Kier alpha value is -1.06. The van der Waals surface area contributed by atoms with Crippen molar-refractivity contribution in [3.05, 3.63) is 34.9 Å². The van der Waals surface area contributed by atoms with E-state index >= 15 is 0 Å². The van der Waals surface area contributed by atoms with Gasteiger partial charge in [-0.2, -0.15) is 0 Å². The molecule has 0 aliphatic carbocycles. The van der Waals surface area contributed by atoms with E-state index in [1.807, 2.05) is 19.1 Å². The molecule has 3 nitrogen and oxygen atoms in total. The van der Waals surface area contributed by atoms with E-state index in [1.165, 1.54) is 0 Å². The van der Waals surface area contributed by atoms with Crippen LogP contribution >= 0.6 is 11.6 Å². The van der Waals surface area contributed by atoms with Gasteiger partial charge in [-0.25, -0.2) is 0 Å². The van der Waals surface area contributed by atoms with Crippen molar-refractivity contribution in [1.29, 1.82) is 0 Å². The first-order valence-electron chi connectivity index (χ1n) is 5.26. The van der Waals surface area contributed by atoms with Crippen LogP contribution in [0, 0.1) is 0 Å². The number of carbonyl (C=O) groups excluding carboxylic acids is 1. The summed E-state index contributed by atoms with van der Waals surface area (Å²) in [7, 11) is 0. The summed E-state index contributed by atoms with van der Waals surface area (Å²) in [6.07, 6.45) is 0.887. The molecule has 0 heterocycles. The highest BCUT2D eigenvalue weighted by Gasteiger charge is 2.07. The fourth-order valence-corrected chi connectivity index (χ4v) is 1.64. The first-order chi connectivity index (χ1) is 7.61. The van der Waals surface area contributed by atoms with Crippen LogP contribution in [0.4, 0.5) is 0 Å². The first kappa shape index (κ1) is 13.0. The second-order valence-corrected chi connectivity index (χ2v) is 4.22. The van der Waals surface area contributed by atoms with Gasteiger partial charge >= 0.3 is 0 Å². The van der Waals surface area contributed by atoms with E-state index in [0.29, 0.717) is 17.9 Å². The highest BCUT2D eigenvalue weighted by molar-refractivity contribution is 6.30. The number of aliphatic hydroxyl groups is 1. The predicted molar refractivity (Wildman–Crippen MR) is 64.5 cm³/mol. The van der Waals surface area contributed by atoms with Crippen LogP contribution in [-0.2, 0) is 11.2 Å². The van der Waals surface area contributed by atoms with Crippen molar-refractivity contribution in [3.8, 4) is 0 Å². The number of rotatable bonds is 5. The molecule has 1 aromatic rings. The minimum atomic E-state index is -0.0526. The summed E-state index contributed by atoms with van der Waals surface area (Å²) in [6, 6.07) is 7.23. The topological polar surface area (TPSA) is 49.3 Å². The third-order valence-corrected chi connectivity index (χ3v) is 2.46. The van der Waals surface area contributed by atoms with Gasteiger partial charge in [0.15, 0.2) is 0 Å². The van der Waals surface area contributed by atoms with Crippen LogP contribution in [0.15, 0.2) is 24.3 Å². The van der Waals surface area contributed by atoms with Crippen LogP contribution < -0.4 is 5.32 Å². The summed E-state index contributed by atoms with van der Waals surface area (Å²) >= 11 is 5.82. The molecule has 2 N–H and O–H groups in total. The molecule has 4 heteroatoms. The zero-order valence-corrected chi connectivity index (χ0v) is 10.00. The standard InChI is InChI=1S/C12H16ClNO2/c1-9(5-6-15)14-12(16)8-10-3-2-4-11(13)7-10/h2-4,7,9,15H,5-6,8H2,1H3,(H,14,16). The molecule has 0 spiro atoms. The van der Waals surface area contributed by atoms with Crippen molar-refractivity contribution in [2.24, 2.45) is 0 Å². The number of benzene rings is 1. The molecule has 1 atom stereocenters. The lowest BCUT2D eigenvalue weighted by Crippen LogP contribution is -2.34. The number of hydrogen-bond donors (Lipinski definition) is 2. The Morgan fingerprint density at radius 3 is 2.94 bits per heavy atom. The van der Waals surface area contributed by atoms with Crippen molar-refractivity contribution < 1.29 is 9.90 Å². The Morgan fingerprint density at radius 1 is 1.56 bits per heavy atom. The third kappa shape index (κ3) is 4.64. The number of carbonyl (C=O) groups is 1. The highest BCUT2D eigenvalue weighted by Crippen LogP contribution is 2.11. The van der Waals surface area contributed by atoms with Crippen LogP contribution in [0.2, 0.25) is 5.02 Å². The number of nitrogens with one attached hydrogen (secondary N) is 1. The molecule has 0 aliphatic heterocycles. The third-order valence-electron chi connectivity index (χ3n) is 2.22. The highest BCUT2D eigenvalue weighted by atomic mass is 35.5. The van der Waals surface area contributed by atoms with Crippen molar-refractivity contribution >= 4 is 17.5 Å². The van der Waals surface area contributed by atoms with Gasteiger partial charge in [0.1, 0.15) is 0 Å². The molecular weight excluding hydrogens is 226 g/mol. The van der Waals surface area contributed by atoms with Gasteiger partial charge in [-0.1, -0.05) is 23.7 Å². The van der Waals surface area contributed by atoms with Crippen molar-refractivity contribution in [3.63, 3.8) is 0 Å². The maximum Gasteiger partial charge on any atom is 0.224 e. The fraction of sp³-hybridized carbons (Fsp3) is 0.417. The van der Waals surface area contributed by atoms with Gasteiger partial charge in [0.05, 0.1) is 6.42 Å². The van der Waals surface area contributed by atoms with Gasteiger partial charge in [0, 0.05) is 17.7 Å². The molecule has 0 radical (unpaired) electrons. The van der Waals surface area contributed by atoms with E-state index in [2.05, 4.69) is 5.32 Å². The van der Waals surface area contributed by atoms with E-state index < -0.39 is 0 Å². The smallest absolute Gasteiger partial charge is 0.224 e. The minimum absolute atomic E-state index is 0.00307. The average molecular weight is 242 g/mol. The lowest BCUT2D eigenvalue weighted by Gasteiger charge is -2.12. The van der Waals surface area contributed by atoms with Gasteiger partial charge in [-0.3, -0.25) is 4.79 Å². The number of hydrogen-bond acceptors (Lipinski definition) is 2. The normalized spacial score (nSPS) is 12.2. The SMILES string of the molecule is CC(CCO)NC(=O)Cc1cccc(Cl)c1. The summed E-state index contributed by atoms with van der Waals surface area (Å²) in [5.41, 5.74) is 0.890. The summed E-state index contributed by atoms with van der Waals surface area (Å²) < 4.78 is 0. The van der Waals surface area contributed by atoms with Gasteiger partial charge in [0.2, 0.25) is 5.91 Å². The molecule has 16 heavy (non-hydrogen) atoms. The molecule has 0 bridgehead atoms. The largest absolute Gasteiger partial charge is 0.396 e. The molecule has 1 unspecified atom stereocenters. The van der Waals surface area contributed by atoms with Crippen molar-refractivity contribution in [2.75, 3.05) is 6.61 Å². The Kier molecular flexibility index (Phi) is 5.29. The molecule has 88 valence electrons. The minimum Gasteiger partial charge on any atom is -0.396 e. The Labute approximate surface area is 100 Å². The number of amides is 1. The average Bonchev–Trinajstić information content (AvgIpc) is 2.17. The Morgan fingerprint density at radius 2 is 2.31 bits per heavy atom. The summed E-state index contributed by atoms with van der Waals surface area (Å²) in [6.45, 7) is 1.95. The van der Waals surface area contributed by atoms with E-state index in [4.69, 9.17) is 16.7 Å². The molecule has 0 aromatic heterocycles. The van der Waals surface area contributed by atoms with Gasteiger partial charge in [0.25, 0.3) is 0 Å². The van der Waals surface area contributed by atoms with Crippen LogP contribution in [0.1, 0.15) is 18.9 Å². The Balaban J connectivity index is 2.45. The molecule has 0 fully saturated rings. The fourth-order valence-electron chi connectivity index (χ4n) is 1.42. The van der Waals surface area contributed by atoms with E-state index in [9.17, 15) is 4.79 Å². The quantitative estimate of drug-likeness (QED) is 0.826. The maximum atomic E-state index is 11.6. The second kappa shape index (κ2) is 6.51. The van der Waals surface area contributed by atoms with E-state index in [1.54, 1.807) is 12.1 Å². The summed E-state index contributed by atoms with van der Waals surface area (Å²) in [5.74, 6) is -0.0526. The van der Waals surface area contributed by atoms with E-state index in [-0.39, 0.29) is 18.6 Å². The maximum absolute atomic E-state index is 11.6.